The van der Waals surface area contributed by atoms with Gasteiger partial charge in [0.2, 0.25) is 0 Å². The molecule has 0 unspecified atom stereocenters. The van der Waals surface area contributed by atoms with Gasteiger partial charge in [-0.2, -0.15) is 0 Å². The SMILES string of the molecule is CC1=CC2=C(O[C@@H]1N(C)C)c1cccc3cccc(c13)C2=O. The lowest BCUT2D eigenvalue weighted by Gasteiger charge is -2.33. The van der Waals surface area contributed by atoms with Crippen molar-refractivity contribution in [1.29, 1.82) is 0 Å². The van der Waals surface area contributed by atoms with Gasteiger partial charge in [0, 0.05) is 16.5 Å². The van der Waals surface area contributed by atoms with E-state index in [1.54, 1.807) is 0 Å². The second-order valence-electron chi connectivity index (χ2n) is 6.10. The molecule has 0 amide bonds. The van der Waals surface area contributed by atoms with Crippen molar-refractivity contribution < 1.29 is 9.53 Å². The van der Waals surface area contributed by atoms with Crippen molar-refractivity contribution in [2.24, 2.45) is 0 Å². The van der Waals surface area contributed by atoms with E-state index in [2.05, 4.69) is 0 Å². The molecule has 0 spiro atoms. The minimum atomic E-state index is -0.132. The molecule has 1 atom stereocenters. The Balaban J connectivity index is 2.02. The predicted octanol–water partition coefficient (Wildman–Crippen LogP) is 3.61. The monoisotopic (exact) mass is 291 g/mol. The molecule has 2 aromatic carbocycles. The van der Waals surface area contributed by atoms with E-state index < -0.39 is 0 Å². The van der Waals surface area contributed by atoms with E-state index in [0.717, 1.165) is 27.5 Å². The van der Waals surface area contributed by atoms with Gasteiger partial charge in [-0.1, -0.05) is 36.4 Å². The van der Waals surface area contributed by atoms with Gasteiger partial charge in [-0.25, -0.2) is 0 Å². The van der Waals surface area contributed by atoms with Crippen LogP contribution in [0.15, 0.2) is 53.6 Å². The highest BCUT2D eigenvalue weighted by molar-refractivity contribution is 6.25. The Morgan fingerprint density at radius 3 is 2.41 bits per heavy atom. The second kappa shape index (κ2) is 4.55. The summed E-state index contributed by atoms with van der Waals surface area (Å²) >= 11 is 0. The van der Waals surface area contributed by atoms with Crippen LogP contribution in [0.2, 0.25) is 0 Å². The average molecular weight is 291 g/mol. The lowest BCUT2D eigenvalue weighted by Crippen LogP contribution is -2.34. The largest absolute Gasteiger partial charge is 0.470 e. The topological polar surface area (TPSA) is 29.5 Å². The molecule has 0 bridgehead atoms. The van der Waals surface area contributed by atoms with E-state index >= 15 is 0 Å². The normalized spacial score (nSPS) is 20.1. The summed E-state index contributed by atoms with van der Waals surface area (Å²) in [5.74, 6) is 0.759. The number of fused-ring (bicyclic) bond motifs is 1. The van der Waals surface area contributed by atoms with E-state index in [-0.39, 0.29) is 12.0 Å². The highest BCUT2D eigenvalue weighted by Crippen LogP contribution is 2.41. The molecule has 0 saturated heterocycles. The van der Waals surface area contributed by atoms with E-state index in [1.165, 1.54) is 0 Å². The van der Waals surface area contributed by atoms with Crippen molar-refractivity contribution in [2.45, 2.75) is 13.2 Å². The molecule has 0 radical (unpaired) electrons. The first-order valence-corrected chi connectivity index (χ1v) is 7.40. The fraction of sp³-hybridized carbons (Fsp3) is 0.211. The van der Waals surface area contributed by atoms with Crippen LogP contribution in [0.5, 0.6) is 0 Å². The molecule has 0 fully saturated rings. The molecule has 0 saturated carbocycles. The van der Waals surface area contributed by atoms with Crippen LogP contribution in [-0.2, 0) is 4.74 Å². The fourth-order valence-electron chi connectivity index (χ4n) is 3.39. The summed E-state index contributed by atoms with van der Waals surface area (Å²) in [4.78, 5) is 14.9. The minimum Gasteiger partial charge on any atom is -0.470 e. The van der Waals surface area contributed by atoms with Crippen molar-refractivity contribution in [3.8, 4) is 0 Å². The third-order valence-electron chi connectivity index (χ3n) is 4.34. The van der Waals surface area contributed by atoms with Gasteiger partial charge >= 0.3 is 0 Å². The number of allylic oxidation sites excluding steroid dienone is 2. The van der Waals surface area contributed by atoms with Gasteiger partial charge in [0.25, 0.3) is 0 Å². The molecule has 2 aromatic rings. The number of rotatable bonds is 1. The molecule has 110 valence electrons. The summed E-state index contributed by atoms with van der Waals surface area (Å²) in [5.41, 5.74) is 3.49. The Morgan fingerprint density at radius 2 is 1.73 bits per heavy atom. The van der Waals surface area contributed by atoms with E-state index in [1.807, 2.05) is 68.4 Å². The number of hydrogen-bond donors (Lipinski definition) is 0. The Hall–Kier alpha value is -2.39. The molecule has 3 heteroatoms. The van der Waals surface area contributed by atoms with Crippen LogP contribution >= 0.6 is 0 Å². The van der Waals surface area contributed by atoms with Crippen LogP contribution in [-0.4, -0.2) is 31.0 Å². The van der Waals surface area contributed by atoms with Crippen LogP contribution in [0.1, 0.15) is 22.8 Å². The van der Waals surface area contributed by atoms with Crippen LogP contribution in [0.25, 0.3) is 16.5 Å². The molecule has 2 aliphatic rings. The van der Waals surface area contributed by atoms with Gasteiger partial charge in [0.05, 0.1) is 5.57 Å². The van der Waals surface area contributed by atoms with E-state index in [0.29, 0.717) is 11.3 Å². The number of carbonyl (C=O) groups excluding carboxylic acids is 1. The van der Waals surface area contributed by atoms with Crippen LogP contribution in [0.3, 0.4) is 0 Å². The summed E-state index contributed by atoms with van der Waals surface area (Å²) in [6.07, 6.45) is 1.84. The Kier molecular flexibility index (Phi) is 2.75. The molecule has 3 nitrogen and oxygen atoms in total. The van der Waals surface area contributed by atoms with Gasteiger partial charge in [0.15, 0.2) is 12.0 Å². The van der Waals surface area contributed by atoms with Crippen molar-refractivity contribution in [3.63, 3.8) is 0 Å². The van der Waals surface area contributed by atoms with Crippen LogP contribution in [0, 0.1) is 0 Å². The zero-order chi connectivity index (χ0) is 15.4. The molecule has 4 rings (SSSR count). The number of likely N-dealkylation sites (N-methyl/N-ethyl adjacent to an activating group) is 1. The lowest BCUT2D eigenvalue weighted by molar-refractivity contribution is 0.0656. The average Bonchev–Trinajstić information content (AvgIpc) is 2.51. The number of benzene rings is 2. The highest BCUT2D eigenvalue weighted by atomic mass is 16.5. The molecule has 22 heavy (non-hydrogen) atoms. The Morgan fingerprint density at radius 1 is 1.05 bits per heavy atom. The van der Waals surface area contributed by atoms with Gasteiger partial charge < -0.3 is 4.74 Å². The summed E-state index contributed by atoms with van der Waals surface area (Å²) in [6.45, 7) is 2.00. The molecule has 1 aliphatic heterocycles. The lowest BCUT2D eigenvalue weighted by atomic mass is 9.85. The molecule has 1 aliphatic carbocycles. The first-order valence-electron chi connectivity index (χ1n) is 7.40. The van der Waals surface area contributed by atoms with Crippen molar-refractivity contribution >= 4 is 22.3 Å². The summed E-state index contributed by atoms with van der Waals surface area (Å²) < 4.78 is 6.20. The number of hydrogen-bond acceptors (Lipinski definition) is 3. The van der Waals surface area contributed by atoms with Gasteiger partial charge in [0.1, 0.15) is 5.76 Å². The van der Waals surface area contributed by atoms with Crippen molar-refractivity contribution in [2.75, 3.05) is 14.1 Å². The van der Waals surface area contributed by atoms with Gasteiger partial charge in [-0.05, 0) is 38.1 Å². The third-order valence-corrected chi connectivity index (χ3v) is 4.34. The third kappa shape index (κ3) is 1.69. The van der Waals surface area contributed by atoms with Crippen LogP contribution < -0.4 is 0 Å². The maximum Gasteiger partial charge on any atom is 0.197 e. The fourth-order valence-corrected chi connectivity index (χ4v) is 3.39. The molecular formula is C19H17NO2. The summed E-state index contributed by atoms with van der Waals surface area (Å²) in [6, 6.07) is 12.0. The van der Waals surface area contributed by atoms with Crippen LogP contribution in [0.4, 0.5) is 0 Å². The number of carbonyl (C=O) groups is 1. The maximum absolute atomic E-state index is 12.9. The maximum atomic E-state index is 12.9. The number of Topliss-reactive ketones (excluding diaryl/α,β-unsaturated/α-hetero) is 1. The number of ketones is 1. The zero-order valence-electron chi connectivity index (χ0n) is 12.9. The van der Waals surface area contributed by atoms with E-state index in [4.69, 9.17) is 4.74 Å². The van der Waals surface area contributed by atoms with Gasteiger partial charge in [-0.15, -0.1) is 0 Å². The predicted molar refractivity (Wildman–Crippen MR) is 87.5 cm³/mol. The van der Waals surface area contributed by atoms with E-state index in [9.17, 15) is 4.79 Å². The molecule has 0 aromatic heterocycles. The first-order chi connectivity index (χ1) is 10.6. The second-order valence-corrected chi connectivity index (χ2v) is 6.10. The smallest absolute Gasteiger partial charge is 0.197 e. The Bertz CT molecular complexity index is 869. The number of nitrogens with zero attached hydrogens (tertiary/aromatic N) is 1. The van der Waals surface area contributed by atoms with Crippen molar-refractivity contribution in [3.05, 3.63) is 64.7 Å². The molecule has 0 N–H and O–H groups in total. The standard InChI is InChI=1S/C19H17NO2/c1-11-10-15-17(21)13-8-4-6-12-7-5-9-14(16(12)13)18(15)22-19(11)20(2)3/h4-10,19H,1-3H3/t19-/m0/s1. The van der Waals surface area contributed by atoms with Crippen molar-refractivity contribution in [1.82, 2.24) is 4.90 Å². The molecular weight excluding hydrogens is 274 g/mol. The highest BCUT2D eigenvalue weighted by Gasteiger charge is 2.33. The molecule has 1 heterocycles. The van der Waals surface area contributed by atoms with Gasteiger partial charge in [-0.3, -0.25) is 9.69 Å². The quantitative estimate of drug-likeness (QED) is 0.804. The first kappa shape index (κ1) is 13.3. The zero-order valence-corrected chi connectivity index (χ0v) is 12.9. The summed E-state index contributed by atoms with van der Waals surface area (Å²) in [7, 11) is 3.96. The Labute approximate surface area is 129 Å². The minimum absolute atomic E-state index is 0.0517. The summed E-state index contributed by atoms with van der Waals surface area (Å²) in [5, 5.41) is 2.07. The number of ether oxygens (including phenoxy) is 1.